The molecule has 0 aliphatic heterocycles. The van der Waals surface area contributed by atoms with Crippen LogP contribution < -0.4 is 39.0 Å². The molecule has 1 heterocycles. The molecule has 118 valence electrons. The van der Waals surface area contributed by atoms with Crippen molar-refractivity contribution in [3.05, 3.63) is 40.8 Å². The highest BCUT2D eigenvalue weighted by molar-refractivity contribution is 5.98. The average Bonchev–Trinajstić information content (AvgIpc) is 2.54. The largest absolute Gasteiger partial charge is 0.453 e. The molecule has 0 saturated heterocycles. The van der Waals surface area contributed by atoms with E-state index in [1.807, 2.05) is 0 Å². The normalized spacial score (nSPS) is 10.8. The Balaban J connectivity index is 2.11. The van der Waals surface area contributed by atoms with E-state index < -0.39 is 5.63 Å². The Hall–Kier alpha value is -3.55. The maximum atomic E-state index is 11.3. The van der Waals surface area contributed by atoms with Crippen LogP contribution in [0.4, 0.5) is 28.4 Å². The van der Waals surface area contributed by atoms with E-state index in [9.17, 15) is 4.79 Å². The number of nitrogen functional groups attached to an aromatic ring is 5. The molecule has 3 rings (SSSR count). The molecule has 3 aromatic rings. The van der Waals surface area contributed by atoms with Crippen LogP contribution in [0.2, 0.25) is 0 Å². The molecule has 0 aliphatic carbocycles. The third kappa shape index (κ3) is 2.31. The molecule has 2 aromatic carbocycles. The highest BCUT2D eigenvalue weighted by atomic mass is 16.5. The van der Waals surface area contributed by atoms with Gasteiger partial charge in [0, 0.05) is 17.5 Å². The monoisotopic (exact) mass is 313 g/mol. The summed E-state index contributed by atoms with van der Waals surface area (Å²) in [7, 11) is 0. The summed E-state index contributed by atoms with van der Waals surface area (Å²) in [5.41, 5.74) is 29.5. The summed E-state index contributed by atoms with van der Waals surface area (Å²) in [6, 6.07) is 7.92. The Morgan fingerprint density at radius 1 is 0.783 bits per heavy atom. The number of anilines is 5. The van der Waals surface area contributed by atoms with Crippen molar-refractivity contribution >= 4 is 39.4 Å². The summed E-state index contributed by atoms with van der Waals surface area (Å²) in [5.74, 6) is 0.459. The van der Waals surface area contributed by atoms with Gasteiger partial charge in [-0.1, -0.05) is 0 Å². The van der Waals surface area contributed by atoms with Gasteiger partial charge in [0.2, 0.25) is 0 Å². The lowest BCUT2D eigenvalue weighted by Gasteiger charge is -2.17. The smallest absolute Gasteiger partial charge is 0.336 e. The first-order valence-electron chi connectivity index (χ1n) is 6.61. The first-order valence-corrected chi connectivity index (χ1v) is 6.61. The predicted octanol–water partition coefficient (Wildman–Crippen LogP) is 1.50. The van der Waals surface area contributed by atoms with Crippen LogP contribution in [0.15, 0.2) is 39.5 Å². The van der Waals surface area contributed by atoms with Crippen molar-refractivity contribution in [1.29, 1.82) is 0 Å². The van der Waals surface area contributed by atoms with Crippen LogP contribution in [0.3, 0.4) is 0 Å². The summed E-state index contributed by atoms with van der Waals surface area (Å²) in [6.07, 6.45) is 0. The zero-order chi connectivity index (χ0) is 16.7. The predicted molar refractivity (Wildman–Crippen MR) is 91.1 cm³/mol. The van der Waals surface area contributed by atoms with Crippen molar-refractivity contribution in [3.63, 3.8) is 0 Å². The Bertz CT molecular complexity index is 952. The molecule has 0 unspecified atom stereocenters. The summed E-state index contributed by atoms with van der Waals surface area (Å²) in [6.45, 7) is 0. The van der Waals surface area contributed by atoms with Crippen LogP contribution in [-0.4, -0.2) is 0 Å². The summed E-state index contributed by atoms with van der Waals surface area (Å²) < 4.78 is 10.8. The van der Waals surface area contributed by atoms with E-state index in [1.54, 1.807) is 24.3 Å². The molecule has 8 heteroatoms. The van der Waals surface area contributed by atoms with Crippen molar-refractivity contribution in [1.82, 2.24) is 0 Å². The number of fused-ring (bicyclic) bond motifs is 1. The molecule has 0 bridgehead atoms. The van der Waals surface area contributed by atoms with Gasteiger partial charge in [0.25, 0.3) is 0 Å². The molecule has 23 heavy (non-hydrogen) atoms. The Morgan fingerprint density at radius 3 is 2.00 bits per heavy atom. The van der Waals surface area contributed by atoms with Gasteiger partial charge >= 0.3 is 5.63 Å². The van der Waals surface area contributed by atoms with Crippen LogP contribution >= 0.6 is 0 Å². The van der Waals surface area contributed by atoms with Gasteiger partial charge in [-0.3, -0.25) is 0 Å². The zero-order valence-electron chi connectivity index (χ0n) is 12.0. The molecule has 10 N–H and O–H groups in total. The van der Waals surface area contributed by atoms with E-state index >= 15 is 0 Å². The Labute approximate surface area is 130 Å². The number of hydrogen-bond donors (Lipinski definition) is 5. The third-order valence-electron chi connectivity index (χ3n) is 3.46. The quantitative estimate of drug-likeness (QED) is 0.350. The molecule has 0 saturated carbocycles. The first-order chi connectivity index (χ1) is 10.9. The maximum Gasteiger partial charge on any atom is 0.336 e. The van der Waals surface area contributed by atoms with Gasteiger partial charge in [0.15, 0.2) is 5.75 Å². The minimum Gasteiger partial charge on any atom is -0.453 e. The summed E-state index contributed by atoms with van der Waals surface area (Å²) in [5, 5.41) is 0.745. The highest BCUT2D eigenvalue weighted by Gasteiger charge is 2.18. The minimum atomic E-state index is -0.463. The van der Waals surface area contributed by atoms with Gasteiger partial charge < -0.3 is 37.8 Å². The number of rotatable bonds is 2. The van der Waals surface area contributed by atoms with Gasteiger partial charge in [-0.2, -0.15) is 0 Å². The van der Waals surface area contributed by atoms with Gasteiger partial charge in [0.1, 0.15) is 22.7 Å². The second-order valence-corrected chi connectivity index (χ2v) is 4.95. The molecule has 0 atom stereocenters. The molecule has 0 aliphatic rings. The Morgan fingerprint density at radius 2 is 1.35 bits per heavy atom. The van der Waals surface area contributed by atoms with Crippen LogP contribution in [0.25, 0.3) is 11.0 Å². The topological polar surface area (TPSA) is 170 Å². The van der Waals surface area contributed by atoms with Crippen molar-refractivity contribution in [3.8, 4) is 11.5 Å². The second kappa shape index (κ2) is 5.02. The lowest BCUT2D eigenvalue weighted by atomic mass is 10.1. The van der Waals surface area contributed by atoms with E-state index in [1.165, 1.54) is 6.07 Å². The van der Waals surface area contributed by atoms with Crippen LogP contribution in [0.5, 0.6) is 11.5 Å². The summed E-state index contributed by atoms with van der Waals surface area (Å²) in [4.78, 5) is 11.3. The maximum absolute atomic E-state index is 11.3. The SMILES string of the molecule is Nc1c(N)c(N)c(Oc2ccc3ccc(=O)oc3c2)c(N)c1N. The number of hydrogen-bond acceptors (Lipinski definition) is 8. The van der Waals surface area contributed by atoms with Gasteiger partial charge in [0.05, 0.1) is 17.1 Å². The third-order valence-corrected chi connectivity index (χ3v) is 3.46. The van der Waals surface area contributed by atoms with Crippen molar-refractivity contribution < 1.29 is 9.15 Å². The molecule has 0 spiro atoms. The molecular formula is C15H15N5O3. The molecular weight excluding hydrogens is 298 g/mol. The molecule has 0 fully saturated rings. The number of ether oxygens (including phenoxy) is 1. The van der Waals surface area contributed by atoms with Gasteiger partial charge in [-0.25, -0.2) is 4.79 Å². The summed E-state index contributed by atoms with van der Waals surface area (Å²) >= 11 is 0. The fraction of sp³-hybridized carbons (Fsp3) is 0. The van der Waals surface area contributed by atoms with E-state index in [0.29, 0.717) is 11.3 Å². The fourth-order valence-corrected chi connectivity index (χ4v) is 2.16. The fourth-order valence-electron chi connectivity index (χ4n) is 2.16. The lowest BCUT2D eigenvalue weighted by Crippen LogP contribution is -2.09. The van der Waals surface area contributed by atoms with Crippen LogP contribution in [0.1, 0.15) is 0 Å². The van der Waals surface area contributed by atoms with Gasteiger partial charge in [-0.15, -0.1) is 0 Å². The number of benzene rings is 2. The van der Waals surface area contributed by atoms with Crippen molar-refractivity contribution in [2.24, 2.45) is 0 Å². The Kier molecular flexibility index (Phi) is 3.14. The van der Waals surface area contributed by atoms with Crippen LogP contribution in [-0.2, 0) is 0 Å². The second-order valence-electron chi connectivity index (χ2n) is 4.95. The number of nitrogens with two attached hydrogens (primary N) is 5. The van der Waals surface area contributed by atoms with Crippen molar-refractivity contribution in [2.45, 2.75) is 0 Å². The lowest BCUT2D eigenvalue weighted by molar-refractivity contribution is 0.485. The standard InChI is InChI=1S/C15H15N5O3/c16-10-11(17)13(19)15(14(20)12(10)18)22-7-3-1-6-2-4-9(21)23-8(6)5-7/h1-5H,16-20H2. The van der Waals surface area contributed by atoms with Crippen LogP contribution in [0, 0.1) is 0 Å². The first kappa shape index (κ1) is 14.4. The molecule has 0 amide bonds. The zero-order valence-corrected chi connectivity index (χ0v) is 12.0. The minimum absolute atomic E-state index is 0.0869. The molecule has 8 nitrogen and oxygen atoms in total. The van der Waals surface area contributed by atoms with E-state index in [0.717, 1.165) is 5.39 Å². The van der Waals surface area contributed by atoms with E-state index in [2.05, 4.69) is 0 Å². The van der Waals surface area contributed by atoms with E-state index in [4.69, 9.17) is 37.8 Å². The average molecular weight is 313 g/mol. The van der Waals surface area contributed by atoms with Gasteiger partial charge in [-0.05, 0) is 18.2 Å². The highest BCUT2D eigenvalue weighted by Crippen LogP contribution is 2.45. The van der Waals surface area contributed by atoms with Crippen molar-refractivity contribution in [2.75, 3.05) is 28.7 Å². The molecule has 0 radical (unpaired) electrons. The van der Waals surface area contributed by atoms with E-state index in [-0.39, 0.29) is 34.2 Å². The molecule has 1 aromatic heterocycles.